The van der Waals surface area contributed by atoms with Crippen LogP contribution < -0.4 is 10.2 Å². The van der Waals surface area contributed by atoms with Crippen molar-refractivity contribution in [3.05, 3.63) is 10.9 Å². The van der Waals surface area contributed by atoms with Crippen LogP contribution in [0.15, 0.2) is 6.07 Å². The van der Waals surface area contributed by atoms with E-state index in [1.165, 1.54) is 16.2 Å². The number of anilines is 2. The molecule has 2 aromatic rings. The molecule has 0 spiro atoms. The standard InChI is InChI=1S/C11H14F2N4S/c1-6-4-7-9(17(3)5-8(12)13)15-11(14-2)16-10(7)18-6/h4,8H,5H2,1-3H3,(H,14,15,16). The lowest BCUT2D eigenvalue weighted by atomic mass is 10.3. The Morgan fingerprint density at radius 1 is 1.44 bits per heavy atom. The highest BCUT2D eigenvalue weighted by molar-refractivity contribution is 7.18. The molecule has 98 valence electrons. The third-order valence-corrected chi connectivity index (χ3v) is 3.44. The summed E-state index contributed by atoms with van der Waals surface area (Å²) >= 11 is 1.53. The third-order valence-electron chi connectivity index (χ3n) is 2.49. The SMILES string of the molecule is CNc1nc(N(C)CC(F)F)c2cc(C)sc2n1. The van der Waals surface area contributed by atoms with Crippen LogP contribution in [-0.2, 0) is 0 Å². The Morgan fingerprint density at radius 3 is 2.78 bits per heavy atom. The molecular weight excluding hydrogens is 258 g/mol. The summed E-state index contributed by atoms with van der Waals surface area (Å²) in [5, 5.41) is 3.67. The van der Waals surface area contributed by atoms with Crippen LogP contribution in [0.5, 0.6) is 0 Å². The minimum Gasteiger partial charge on any atom is -0.357 e. The molecule has 0 fully saturated rings. The van der Waals surface area contributed by atoms with Gasteiger partial charge in [0.15, 0.2) is 0 Å². The molecule has 0 aromatic carbocycles. The van der Waals surface area contributed by atoms with Crippen molar-refractivity contribution in [2.45, 2.75) is 13.3 Å². The van der Waals surface area contributed by atoms with Crippen molar-refractivity contribution in [2.75, 3.05) is 30.9 Å². The van der Waals surface area contributed by atoms with Crippen LogP contribution in [0.4, 0.5) is 20.5 Å². The Kier molecular flexibility index (Phi) is 3.60. The lowest BCUT2D eigenvalue weighted by molar-refractivity contribution is 0.156. The number of aryl methyl sites for hydroxylation is 1. The summed E-state index contributed by atoms with van der Waals surface area (Å²) in [5.41, 5.74) is 0. The third kappa shape index (κ3) is 2.50. The number of nitrogens with one attached hydrogen (secondary N) is 1. The van der Waals surface area contributed by atoms with Gasteiger partial charge in [-0.25, -0.2) is 13.8 Å². The van der Waals surface area contributed by atoms with Gasteiger partial charge in [0.05, 0.1) is 11.9 Å². The second-order valence-electron chi connectivity index (χ2n) is 3.97. The van der Waals surface area contributed by atoms with Crippen LogP contribution in [0, 0.1) is 6.92 Å². The van der Waals surface area contributed by atoms with Crippen molar-refractivity contribution in [3.63, 3.8) is 0 Å². The number of thiophene rings is 1. The first kappa shape index (κ1) is 12.9. The zero-order chi connectivity index (χ0) is 13.3. The molecule has 0 aliphatic heterocycles. The normalized spacial score (nSPS) is 11.2. The monoisotopic (exact) mass is 272 g/mol. The van der Waals surface area contributed by atoms with Crippen LogP contribution in [0.2, 0.25) is 0 Å². The summed E-state index contributed by atoms with van der Waals surface area (Å²) in [4.78, 5) is 11.9. The smallest absolute Gasteiger partial charge is 0.255 e. The number of hydrogen-bond acceptors (Lipinski definition) is 5. The van der Waals surface area contributed by atoms with Gasteiger partial charge in [-0.2, -0.15) is 4.98 Å². The average Bonchev–Trinajstić information content (AvgIpc) is 2.66. The van der Waals surface area contributed by atoms with Gasteiger partial charge in [0, 0.05) is 19.0 Å². The van der Waals surface area contributed by atoms with Gasteiger partial charge in [-0.15, -0.1) is 11.3 Å². The van der Waals surface area contributed by atoms with E-state index in [9.17, 15) is 8.78 Å². The molecule has 0 amide bonds. The quantitative estimate of drug-likeness (QED) is 0.929. The molecule has 0 atom stereocenters. The first-order valence-electron chi connectivity index (χ1n) is 5.46. The number of aromatic nitrogens is 2. The summed E-state index contributed by atoms with van der Waals surface area (Å²) in [5.74, 6) is 0.981. The van der Waals surface area contributed by atoms with E-state index in [-0.39, 0.29) is 6.54 Å². The van der Waals surface area contributed by atoms with Crippen LogP contribution in [0.1, 0.15) is 4.88 Å². The lowest BCUT2D eigenvalue weighted by Crippen LogP contribution is -2.25. The topological polar surface area (TPSA) is 41.1 Å². The zero-order valence-electron chi connectivity index (χ0n) is 10.4. The molecule has 0 radical (unpaired) electrons. The van der Waals surface area contributed by atoms with Gasteiger partial charge >= 0.3 is 0 Å². The Bertz CT molecular complexity index is 555. The highest BCUT2D eigenvalue weighted by atomic mass is 32.1. The van der Waals surface area contributed by atoms with Gasteiger partial charge in [-0.1, -0.05) is 0 Å². The Morgan fingerprint density at radius 2 is 2.17 bits per heavy atom. The lowest BCUT2D eigenvalue weighted by Gasteiger charge is -2.18. The molecule has 2 aromatic heterocycles. The molecule has 1 N–H and O–H groups in total. The fourth-order valence-corrected chi connectivity index (χ4v) is 2.60. The number of halogens is 2. The van der Waals surface area contributed by atoms with E-state index in [0.29, 0.717) is 11.8 Å². The Labute approximate surface area is 108 Å². The van der Waals surface area contributed by atoms with Crippen molar-refractivity contribution >= 4 is 33.3 Å². The predicted octanol–water partition coefficient (Wildman–Crippen LogP) is 2.74. The molecule has 0 unspecified atom stereocenters. The fraction of sp³-hybridized carbons (Fsp3) is 0.455. The summed E-state index contributed by atoms with van der Waals surface area (Å²) in [7, 11) is 3.32. The van der Waals surface area contributed by atoms with Gasteiger partial charge in [0.2, 0.25) is 5.95 Å². The number of alkyl halides is 2. The molecule has 7 heteroatoms. The van der Waals surface area contributed by atoms with E-state index in [1.807, 2.05) is 13.0 Å². The molecule has 2 rings (SSSR count). The van der Waals surface area contributed by atoms with Crippen LogP contribution >= 0.6 is 11.3 Å². The average molecular weight is 272 g/mol. The molecular formula is C11H14F2N4S. The van der Waals surface area contributed by atoms with Crippen LogP contribution in [0.3, 0.4) is 0 Å². The molecule has 0 bridgehead atoms. The first-order chi connectivity index (χ1) is 8.51. The molecule has 0 saturated heterocycles. The minimum absolute atomic E-state index is 0.343. The van der Waals surface area contributed by atoms with Crippen molar-refractivity contribution in [1.29, 1.82) is 0 Å². The largest absolute Gasteiger partial charge is 0.357 e. The van der Waals surface area contributed by atoms with E-state index < -0.39 is 6.43 Å². The van der Waals surface area contributed by atoms with Crippen molar-refractivity contribution in [1.82, 2.24) is 9.97 Å². The maximum atomic E-state index is 12.5. The minimum atomic E-state index is -2.39. The summed E-state index contributed by atoms with van der Waals surface area (Å²) in [6.07, 6.45) is -2.39. The highest BCUT2D eigenvalue weighted by Gasteiger charge is 2.16. The molecule has 0 aliphatic carbocycles. The van der Waals surface area contributed by atoms with Gasteiger partial charge in [0.1, 0.15) is 10.6 Å². The first-order valence-corrected chi connectivity index (χ1v) is 6.28. The Hall–Kier alpha value is -1.50. The Balaban J connectivity index is 2.52. The van der Waals surface area contributed by atoms with Crippen molar-refractivity contribution < 1.29 is 8.78 Å². The van der Waals surface area contributed by atoms with E-state index in [2.05, 4.69) is 15.3 Å². The number of hydrogen-bond donors (Lipinski definition) is 1. The van der Waals surface area contributed by atoms with Crippen molar-refractivity contribution in [3.8, 4) is 0 Å². The number of rotatable bonds is 4. The van der Waals surface area contributed by atoms with E-state index >= 15 is 0 Å². The molecule has 0 aliphatic rings. The molecule has 4 nitrogen and oxygen atoms in total. The van der Waals surface area contributed by atoms with E-state index in [4.69, 9.17) is 0 Å². The van der Waals surface area contributed by atoms with E-state index in [1.54, 1.807) is 14.1 Å². The summed E-state index contributed by atoms with van der Waals surface area (Å²) < 4.78 is 24.9. The van der Waals surface area contributed by atoms with Gasteiger partial charge in [-0.3, -0.25) is 0 Å². The van der Waals surface area contributed by atoms with Gasteiger partial charge in [-0.05, 0) is 13.0 Å². The highest BCUT2D eigenvalue weighted by Crippen LogP contribution is 2.31. The summed E-state index contributed by atoms with van der Waals surface area (Å²) in [6.45, 7) is 1.62. The second kappa shape index (κ2) is 5.01. The molecule has 18 heavy (non-hydrogen) atoms. The molecule has 0 saturated carbocycles. The maximum Gasteiger partial charge on any atom is 0.255 e. The van der Waals surface area contributed by atoms with Crippen molar-refractivity contribution in [2.24, 2.45) is 0 Å². The van der Waals surface area contributed by atoms with E-state index in [0.717, 1.165) is 15.1 Å². The van der Waals surface area contributed by atoms with Crippen LogP contribution in [0.25, 0.3) is 10.2 Å². The zero-order valence-corrected chi connectivity index (χ0v) is 11.2. The molecule has 2 heterocycles. The maximum absolute atomic E-state index is 12.5. The predicted molar refractivity (Wildman–Crippen MR) is 71.0 cm³/mol. The van der Waals surface area contributed by atoms with Gasteiger partial charge in [0.25, 0.3) is 6.43 Å². The number of fused-ring (bicyclic) bond motifs is 1. The fourth-order valence-electron chi connectivity index (χ4n) is 1.72. The van der Waals surface area contributed by atoms with Crippen LogP contribution in [-0.4, -0.2) is 37.0 Å². The number of nitrogens with zero attached hydrogens (tertiary/aromatic N) is 3. The van der Waals surface area contributed by atoms with Gasteiger partial charge < -0.3 is 10.2 Å². The second-order valence-corrected chi connectivity index (χ2v) is 5.20. The summed E-state index contributed by atoms with van der Waals surface area (Å²) in [6, 6.07) is 1.93.